The number of rotatable bonds is 6. The molecule has 1 aliphatic rings. The van der Waals surface area contributed by atoms with Crippen LogP contribution in [0.3, 0.4) is 0 Å². The Kier molecular flexibility index (Phi) is 6.46. The van der Waals surface area contributed by atoms with Crippen molar-refractivity contribution in [3.8, 4) is 5.75 Å². The molecule has 1 heterocycles. The van der Waals surface area contributed by atoms with E-state index in [1.807, 2.05) is 54.6 Å². The molecule has 152 valence electrons. The van der Waals surface area contributed by atoms with Crippen molar-refractivity contribution in [3.63, 3.8) is 0 Å². The van der Waals surface area contributed by atoms with Gasteiger partial charge >= 0.3 is 0 Å². The van der Waals surface area contributed by atoms with E-state index in [0.29, 0.717) is 6.54 Å². The fraction of sp³-hybridized carbons (Fsp3) is 0.304. The van der Waals surface area contributed by atoms with Crippen molar-refractivity contribution in [1.29, 1.82) is 0 Å². The summed E-state index contributed by atoms with van der Waals surface area (Å²) >= 11 is 12.3. The van der Waals surface area contributed by atoms with Gasteiger partial charge in [-0.15, -0.1) is 0 Å². The maximum Gasteiger partial charge on any atom is 0.120 e. The van der Waals surface area contributed by atoms with Gasteiger partial charge in [0, 0.05) is 37.7 Å². The van der Waals surface area contributed by atoms with Crippen LogP contribution in [0, 0.1) is 0 Å². The van der Waals surface area contributed by atoms with Gasteiger partial charge in [-0.2, -0.15) is 0 Å². The van der Waals surface area contributed by atoms with Crippen molar-refractivity contribution in [2.75, 3.05) is 44.2 Å². The zero-order chi connectivity index (χ0) is 20.2. The molecule has 6 heteroatoms. The highest BCUT2D eigenvalue weighted by Crippen LogP contribution is 2.26. The minimum absolute atomic E-state index is 0.268. The van der Waals surface area contributed by atoms with Gasteiger partial charge in [0.25, 0.3) is 0 Å². The first-order valence-corrected chi connectivity index (χ1v) is 10.6. The number of para-hydroxylation sites is 1. The Hall–Kier alpha value is -1.98. The Labute approximate surface area is 181 Å². The van der Waals surface area contributed by atoms with Gasteiger partial charge < -0.3 is 14.7 Å². The number of benzene rings is 3. The lowest BCUT2D eigenvalue weighted by atomic mass is 10.1. The molecule has 1 atom stereocenters. The van der Waals surface area contributed by atoms with E-state index in [9.17, 15) is 5.11 Å². The van der Waals surface area contributed by atoms with Gasteiger partial charge in [-0.3, -0.25) is 4.90 Å². The Morgan fingerprint density at radius 1 is 0.897 bits per heavy atom. The number of anilines is 1. The molecule has 1 unspecified atom stereocenters. The van der Waals surface area contributed by atoms with Crippen LogP contribution in [-0.2, 0) is 0 Å². The maximum atomic E-state index is 10.4. The predicted octanol–water partition coefficient (Wildman–Crippen LogP) is 4.71. The molecule has 0 aromatic heterocycles. The fourth-order valence-electron chi connectivity index (χ4n) is 3.71. The molecular weight excluding hydrogens is 407 g/mol. The van der Waals surface area contributed by atoms with Crippen LogP contribution in [0.2, 0.25) is 10.0 Å². The van der Waals surface area contributed by atoms with E-state index in [0.717, 1.165) is 58.4 Å². The normalized spacial score (nSPS) is 16.2. The summed E-state index contributed by atoms with van der Waals surface area (Å²) in [6, 6.07) is 19.6. The molecule has 1 fully saturated rings. The highest BCUT2D eigenvalue weighted by atomic mass is 35.5. The molecule has 0 aliphatic carbocycles. The average molecular weight is 431 g/mol. The molecule has 3 aromatic carbocycles. The molecule has 0 spiro atoms. The van der Waals surface area contributed by atoms with Gasteiger partial charge in [-0.1, -0.05) is 47.5 Å². The molecule has 3 aromatic rings. The van der Waals surface area contributed by atoms with Gasteiger partial charge in [0.15, 0.2) is 0 Å². The number of nitrogens with zero attached hydrogens (tertiary/aromatic N) is 2. The fourth-order valence-corrected chi connectivity index (χ4v) is 4.14. The molecule has 0 amide bonds. The molecule has 4 rings (SSSR count). The third-order valence-corrected chi connectivity index (χ3v) is 5.81. The molecule has 1 N–H and O–H groups in total. The minimum Gasteiger partial charge on any atom is -0.491 e. The third-order valence-electron chi connectivity index (χ3n) is 5.25. The predicted molar refractivity (Wildman–Crippen MR) is 121 cm³/mol. The lowest BCUT2D eigenvalue weighted by Gasteiger charge is -2.37. The number of β-amino-alcohol motifs (C(OH)–C–C–N with tert-alkyl or cyclic N) is 1. The van der Waals surface area contributed by atoms with Crippen molar-refractivity contribution >= 4 is 39.7 Å². The molecule has 0 saturated carbocycles. The minimum atomic E-state index is -0.539. The van der Waals surface area contributed by atoms with Crippen LogP contribution < -0.4 is 9.64 Å². The number of aliphatic hydroxyl groups is 1. The van der Waals surface area contributed by atoms with Gasteiger partial charge in [0.05, 0.1) is 10.7 Å². The highest BCUT2D eigenvalue weighted by molar-refractivity contribution is 6.33. The summed E-state index contributed by atoms with van der Waals surface area (Å²) in [6.07, 6.45) is -0.539. The van der Waals surface area contributed by atoms with Crippen LogP contribution in [0.1, 0.15) is 0 Å². The van der Waals surface area contributed by atoms with E-state index in [2.05, 4.69) is 15.9 Å². The summed E-state index contributed by atoms with van der Waals surface area (Å²) in [4.78, 5) is 4.56. The largest absolute Gasteiger partial charge is 0.491 e. The Balaban J connectivity index is 1.26. The smallest absolute Gasteiger partial charge is 0.120 e. The zero-order valence-electron chi connectivity index (χ0n) is 16.1. The van der Waals surface area contributed by atoms with Gasteiger partial charge in [0.1, 0.15) is 18.5 Å². The number of piperazine rings is 1. The first-order chi connectivity index (χ1) is 14.1. The molecule has 4 nitrogen and oxygen atoms in total. The van der Waals surface area contributed by atoms with Crippen LogP contribution in [0.25, 0.3) is 10.8 Å². The number of hydrogen-bond acceptors (Lipinski definition) is 4. The summed E-state index contributed by atoms with van der Waals surface area (Å²) in [5.41, 5.74) is 1.08. The van der Waals surface area contributed by atoms with Crippen LogP contribution >= 0.6 is 23.2 Å². The first-order valence-electron chi connectivity index (χ1n) is 9.80. The Morgan fingerprint density at radius 2 is 1.62 bits per heavy atom. The summed E-state index contributed by atoms with van der Waals surface area (Å²) in [5.74, 6) is 0.752. The van der Waals surface area contributed by atoms with E-state index in [1.54, 1.807) is 0 Å². The van der Waals surface area contributed by atoms with Crippen LogP contribution in [0.4, 0.5) is 5.69 Å². The van der Waals surface area contributed by atoms with Crippen molar-refractivity contribution in [3.05, 3.63) is 70.7 Å². The van der Waals surface area contributed by atoms with E-state index in [4.69, 9.17) is 27.9 Å². The van der Waals surface area contributed by atoms with E-state index < -0.39 is 6.10 Å². The third kappa shape index (κ3) is 5.14. The van der Waals surface area contributed by atoms with Gasteiger partial charge in [-0.05, 0) is 47.2 Å². The summed E-state index contributed by atoms with van der Waals surface area (Å²) in [6.45, 7) is 4.43. The lowest BCUT2D eigenvalue weighted by molar-refractivity contribution is 0.0663. The van der Waals surface area contributed by atoms with Gasteiger partial charge in [-0.25, -0.2) is 0 Å². The number of aliphatic hydroxyl groups excluding tert-OH is 1. The second-order valence-corrected chi connectivity index (χ2v) is 8.20. The number of fused-ring (bicyclic) bond motifs is 1. The molecule has 0 bridgehead atoms. The second-order valence-electron chi connectivity index (χ2n) is 7.36. The molecule has 0 radical (unpaired) electrons. The Morgan fingerprint density at radius 3 is 2.41 bits per heavy atom. The Bertz CT molecular complexity index is 974. The molecule has 1 saturated heterocycles. The molecule has 1 aliphatic heterocycles. The van der Waals surface area contributed by atoms with Crippen LogP contribution in [0.15, 0.2) is 60.7 Å². The average Bonchev–Trinajstić information content (AvgIpc) is 2.73. The van der Waals surface area contributed by atoms with E-state index in [1.165, 1.54) is 0 Å². The van der Waals surface area contributed by atoms with Crippen LogP contribution in [-0.4, -0.2) is 55.4 Å². The van der Waals surface area contributed by atoms with Crippen molar-refractivity contribution in [1.82, 2.24) is 4.90 Å². The summed E-state index contributed by atoms with van der Waals surface area (Å²) < 4.78 is 5.82. The molecular formula is C23H24Cl2N2O2. The van der Waals surface area contributed by atoms with Crippen molar-refractivity contribution < 1.29 is 9.84 Å². The zero-order valence-corrected chi connectivity index (χ0v) is 17.6. The van der Waals surface area contributed by atoms with E-state index in [-0.39, 0.29) is 6.61 Å². The van der Waals surface area contributed by atoms with Crippen molar-refractivity contribution in [2.45, 2.75) is 6.10 Å². The maximum absolute atomic E-state index is 10.4. The van der Waals surface area contributed by atoms with Crippen molar-refractivity contribution in [2.24, 2.45) is 0 Å². The number of halogens is 2. The molecule has 29 heavy (non-hydrogen) atoms. The van der Waals surface area contributed by atoms with E-state index >= 15 is 0 Å². The lowest BCUT2D eigenvalue weighted by Crippen LogP contribution is -2.49. The number of ether oxygens (including phenoxy) is 1. The van der Waals surface area contributed by atoms with Gasteiger partial charge in [0.2, 0.25) is 0 Å². The summed E-state index contributed by atoms with van der Waals surface area (Å²) in [5, 5.41) is 14.1. The monoisotopic (exact) mass is 430 g/mol. The summed E-state index contributed by atoms with van der Waals surface area (Å²) in [7, 11) is 0. The highest BCUT2D eigenvalue weighted by Gasteiger charge is 2.20. The first kappa shape index (κ1) is 20.3. The van der Waals surface area contributed by atoms with Crippen LogP contribution in [0.5, 0.6) is 5.75 Å². The SMILES string of the molecule is OC(COc1ccc2cc(Cl)ccc2c1)CN1CCN(c2ccccc2Cl)CC1. The topological polar surface area (TPSA) is 35.9 Å². The number of hydrogen-bond donors (Lipinski definition) is 1. The second kappa shape index (κ2) is 9.23. The quantitative estimate of drug-likeness (QED) is 0.614. The standard InChI is InChI=1S/C23H24Cl2N2O2/c24-19-7-5-18-14-21(8-6-17(18)13-19)29-16-20(28)15-26-9-11-27(12-10-26)23-4-2-1-3-22(23)25/h1-8,13-14,20,28H,9-12,15-16H2.